The first kappa shape index (κ1) is 16.6. The van der Waals surface area contributed by atoms with Gasteiger partial charge in [0.05, 0.1) is 5.56 Å². The van der Waals surface area contributed by atoms with Crippen molar-refractivity contribution in [1.82, 2.24) is 10.6 Å². The Morgan fingerprint density at radius 1 is 1.19 bits per heavy atom. The Labute approximate surface area is 124 Å². The van der Waals surface area contributed by atoms with Crippen LogP contribution in [0.5, 0.6) is 0 Å². The van der Waals surface area contributed by atoms with Crippen LogP contribution in [0.4, 0.5) is 4.79 Å². The Morgan fingerprint density at radius 3 is 2.67 bits per heavy atom. The molecule has 0 saturated heterocycles. The van der Waals surface area contributed by atoms with Crippen molar-refractivity contribution < 1.29 is 14.7 Å². The summed E-state index contributed by atoms with van der Waals surface area (Å²) in [6.45, 7) is 1.06. The van der Waals surface area contributed by atoms with E-state index >= 15 is 0 Å². The third-order valence-corrected chi connectivity index (χ3v) is 2.91. The highest BCUT2D eigenvalue weighted by molar-refractivity contribution is 5.87. The van der Waals surface area contributed by atoms with Crippen LogP contribution in [-0.4, -0.2) is 30.2 Å². The van der Waals surface area contributed by atoms with Crippen molar-refractivity contribution in [3.8, 4) is 12.3 Å². The predicted molar refractivity (Wildman–Crippen MR) is 81.2 cm³/mol. The molecular formula is C16H20N2O3. The van der Waals surface area contributed by atoms with E-state index in [9.17, 15) is 9.59 Å². The number of carbonyl (C=O) groups is 2. The van der Waals surface area contributed by atoms with E-state index in [1.165, 1.54) is 0 Å². The lowest BCUT2D eigenvalue weighted by Gasteiger charge is -2.07. The number of hydrogen-bond acceptors (Lipinski definition) is 2. The van der Waals surface area contributed by atoms with Gasteiger partial charge < -0.3 is 15.7 Å². The van der Waals surface area contributed by atoms with Gasteiger partial charge in [0.15, 0.2) is 0 Å². The number of carboxylic acid groups (broad SMARTS) is 1. The minimum absolute atomic E-state index is 0.218. The summed E-state index contributed by atoms with van der Waals surface area (Å²) in [4.78, 5) is 22.3. The topological polar surface area (TPSA) is 78.4 Å². The number of nitrogens with one attached hydrogen (secondary N) is 2. The van der Waals surface area contributed by atoms with Crippen LogP contribution in [0.25, 0.3) is 0 Å². The Kier molecular flexibility index (Phi) is 7.44. The molecule has 1 aromatic carbocycles. The number of carbonyl (C=O) groups excluding carboxylic acids is 1. The summed E-state index contributed by atoms with van der Waals surface area (Å²) >= 11 is 0. The molecule has 0 unspecified atom stereocenters. The summed E-state index contributed by atoms with van der Waals surface area (Å²) in [6, 6.07) is 6.48. The standard InChI is InChI=1S/C16H20N2O3/c1-2-3-4-5-10-17-16(21)18-11-9-13-7-6-8-14(12-13)15(19)20/h1,6-8,12H,3-5,9-11H2,(H,19,20)(H2,17,18,21). The fourth-order valence-corrected chi connectivity index (χ4v) is 1.80. The lowest BCUT2D eigenvalue weighted by atomic mass is 10.1. The largest absolute Gasteiger partial charge is 0.478 e. The van der Waals surface area contributed by atoms with Gasteiger partial charge in [-0.1, -0.05) is 12.1 Å². The third-order valence-electron chi connectivity index (χ3n) is 2.91. The molecule has 0 saturated carbocycles. The number of urea groups is 1. The Balaban J connectivity index is 2.21. The number of aromatic carboxylic acids is 1. The van der Waals surface area contributed by atoms with Crippen LogP contribution >= 0.6 is 0 Å². The number of rotatable bonds is 8. The average Bonchev–Trinajstić information content (AvgIpc) is 2.47. The number of unbranched alkanes of at least 4 members (excludes halogenated alkanes) is 2. The highest BCUT2D eigenvalue weighted by Gasteiger charge is 2.04. The van der Waals surface area contributed by atoms with Crippen molar-refractivity contribution >= 4 is 12.0 Å². The minimum Gasteiger partial charge on any atom is -0.478 e. The maximum absolute atomic E-state index is 11.5. The van der Waals surface area contributed by atoms with E-state index in [-0.39, 0.29) is 11.6 Å². The lowest BCUT2D eigenvalue weighted by molar-refractivity contribution is 0.0696. The van der Waals surface area contributed by atoms with E-state index in [1.54, 1.807) is 18.2 Å². The summed E-state index contributed by atoms with van der Waals surface area (Å²) in [5, 5.41) is 14.4. The Hall–Kier alpha value is -2.48. The van der Waals surface area contributed by atoms with Crippen LogP contribution in [0.1, 0.15) is 35.2 Å². The van der Waals surface area contributed by atoms with E-state index in [0.717, 1.165) is 24.8 Å². The van der Waals surface area contributed by atoms with E-state index in [2.05, 4.69) is 16.6 Å². The van der Waals surface area contributed by atoms with Crippen molar-refractivity contribution in [2.75, 3.05) is 13.1 Å². The van der Waals surface area contributed by atoms with Crippen LogP contribution < -0.4 is 10.6 Å². The Bertz CT molecular complexity index is 520. The number of hydrogen-bond donors (Lipinski definition) is 3. The molecule has 21 heavy (non-hydrogen) atoms. The second-order valence-corrected chi connectivity index (χ2v) is 4.60. The maximum Gasteiger partial charge on any atom is 0.335 e. The summed E-state index contributed by atoms with van der Waals surface area (Å²) in [7, 11) is 0. The van der Waals surface area contributed by atoms with Crippen molar-refractivity contribution in [1.29, 1.82) is 0 Å². The molecule has 1 aromatic rings. The first-order valence-corrected chi connectivity index (χ1v) is 6.91. The summed E-state index contributed by atoms with van der Waals surface area (Å²) < 4.78 is 0. The molecule has 1 rings (SSSR count). The molecule has 0 atom stereocenters. The predicted octanol–water partition coefficient (Wildman–Crippen LogP) is 2.03. The maximum atomic E-state index is 11.5. The van der Waals surface area contributed by atoms with Crippen molar-refractivity contribution in [3.05, 3.63) is 35.4 Å². The van der Waals surface area contributed by atoms with Crippen molar-refractivity contribution in [2.45, 2.75) is 25.7 Å². The SMILES string of the molecule is C#CCCCCNC(=O)NCCc1cccc(C(=O)O)c1. The molecule has 0 aliphatic carbocycles. The van der Waals surface area contributed by atoms with Crippen molar-refractivity contribution in [2.24, 2.45) is 0 Å². The summed E-state index contributed by atoms with van der Waals surface area (Å²) in [5.41, 5.74) is 1.13. The number of amides is 2. The zero-order chi connectivity index (χ0) is 15.5. The van der Waals surface area contributed by atoms with Gasteiger partial charge >= 0.3 is 12.0 Å². The zero-order valence-corrected chi connectivity index (χ0v) is 11.9. The van der Waals surface area contributed by atoms with Gasteiger partial charge in [0.2, 0.25) is 0 Å². The fraction of sp³-hybridized carbons (Fsp3) is 0.375. The van der Waals surface area contributed by atoms with Gasteiger partial charge in [-0.2, -0.15) is 0 Å². The quantitative estimate of drug-likeness (QED) is 0.506. The summed E-state index contributed by atoms with van der Waals surface area (Å²) in [6.07, 6.45) is 8.21. The van der Waals surface area contributed by atoms with E-state index < -0.39 is 5.97 Å². The minimum atomic E-state index is -0.950. The molecular weight excluding hydrogens is 268 g/mol. The lowest BCUT2D eigenvalue weighted by Crippen LogP contribution is -2.37. The third kappa shape index (κ3) is 7.02. The summed E-state index contributed by atoms with van der Waals surface area (Å²) in [5.74, 6) is 1.60. The monoisotopic (exact) mass is 288 g/mol. The van der Waals surface area contributed by atoms with Crippen LogP contribution in [-0.2, 0) is 6.42 Å². The molecule has 0 radical (unpaired) electrons. The molecule has 3 N–H and O–H groups in total. The molecule has 0 spiro atoms. The molecule has 0 bridgehead atoms. The highest BCUT2D eigenvalue weighted by Crippen LogP contribution is 2.05. The van der Waals surface area contributed by atoms with Gasteiger partial charge in [-0.3, -0.25) is 0 Å². The van der Waals surface area contributed by atoms with Gasteiger partial charge in [0, 0.05) is 19.5 Å². The van der Waals surface area contributed by atoms with Crippen molar-refractivity contribution in [3.63, 3.8) is 0 Å². The normalized spacial score (nSPS) is 9.67. The molecule has 0 aliphatic rings. The second kappa shape index (κ2) is 9.43. The zero-order valence-electron chi connectivity index (χ0n) is 11.9. The van der Waals surface area contributed by atoms with E-state index in [4.69, 9.17) is 11.5 Å². The van der Waals surface area contributed by atoms with E-state index in [1.807, 2.05) is 6.07 Å². The molecule has 0 heterocycles. The number of benzene rings is 1. The smallest absolute Gasteiger partial charge is 0.335 e. The van der Waals surface area contributed by atoms with Gasteiger partial charge in [0.25, 0.3) is 0 Å². The second-order valence-electron chi connectivity index (χ2n) is 4.60. The first-order chi connectivity index (χ1) is 10.1. The highest BCUT2D eigenvalue weighted by atomic mass is 16.4. The van der Waals surface area contributed by atoms with Gasteiger partial charge in [-0.05, 0) is 37.0 Å². The number of terminal acetylenes is 1. The molecule has 2 amide bonds. The fourth-order valence-electron chi connectivity index (χ4n) is 1.80. The molecule has 0 aliphatic heterocycles. The molecule has 0 fully saturated rings. The van der Waals surface area contributed by atoms with Gasteiger partial charge in [0.1, 0.15) is 0 Å². The van der Waals surface area contributed by atoms with Gasteiger partial charge in [-0.15, -0.1) is 12.3 Å². The Morgan fingerprint density at radius 2 is 1.95 bits per heavy atom. The van der Waals surface area contributed by atoms with Gasteiger partial charge in [-0.25, -0.2) is 9.59 Å². The van der Waals surface area contributed by atoms with Crippen LogP contribution in [0, 0.1) is 12.3 Å². The van der Waals surface area contributed by atoms with Crippen LogP contribution in [0.15, 0.2) is 24.3 Å². The molecule has 0 aromatic heterocycles. The average molecular weight is 288 g/mol. The first-order valence-electron chi connectivity index (χ1n) is 6.91. The van der Waals surface area contributed by atoms with Crippen LogP contribution in [0.2, 0.25) is 0 Å². The molecule has 112 valence electrons. The van der Waals surface area contributed by atoms with Crippen LogP contribution in [0.3, 0.4) is 0 Å². The number of carboxylic acids is 1. The molecule has 5 nitrogen and oxygen atoms in total. The van der Waals surface area contributed by atoms with E-state index in [0.29, 0.717) is 19.5 Å². The molecule has 5 heteroatoms.